The Morgan fingerprint density at radius 1 is 1.43 bits per heavy atom. The molecule has 0 aliphatic carbocycles. The number of urea groups is 1. The highest BCUT2D eigenvalue weighted by Crippen LogP contribution is 2.25. The van der Waals surface area contributed by atoms with Gasteiger partial charge in [0.1, 0.15) is 5.75 Å². The lowest BCUT2D eigenvalue weighted by Crippen LogP contribution is -2.30. The number of benzene rings is 1. The molecule has 0 atom stereocenters. The van der Waals surface area contributed by atoms with Crippen LogP contribution in [0.5, 0.6) is 5.75 Å². The van der Waals surface area contributed by atoms with Crippen LogP contribution in [0.3, 0.4) is 0 Å². The summed E-state index contributed by atoms with van der Waals surface area (Å²) in [7, 11) is 0. The summed E-state index contributed by atoms with van der Waals surface area (Å²) in [5, 5.41) is 22.5. The quantitative estimate of drug-likeness (QED) is 0.665. The number of nitriles is 1. The van der Waals surface area contributed by atoms with Gasteiger partial charge in [-0.3, -0.25) is 4.79 Å². The highest BCUT2D eigenvalue weighted by atomic mass is 16.5. The van der Waals surface area contributed by atoms with Crippen molar-refractivity contribution in [3.63, 3.8) is 0 Å². The number of rotatable bonds is 7. The molecule has 1 aromatic rings. The smallest absolute Gasteiger partial charge is 0.319 e. The van der Waals surface area contributed by atoms with E-state index >= 15 is 0 Å². The molecule has 7 nitrogen and oxygen atoms in total. The van der Waals surface area contributed by atoms with E-state index in [0.29, 0.717) is 30.0 Å². The fourth-order valence-electron chi connectivity index (χ4n) is 1.59. The van der Waals surface area contributed by atoms with Gasteiger partial charge in [-0.25, -0.2) is 4.79 Å². The van der Waals surface area contributed by atoms with Crippen LogP contribution in [-0.4, -0.2) is 30.3 Å². The predicted octanol–water partition coefficient (Wildman–Crippen LogP) is 1.94. The molecule has 112 valence electrons. The third-order valence-corrected chi connectivity index (χ3v) is 2.51. The Hall–Kier alpha value is -2.75. The van der Waals surface area contributed by atoms with Gasteiger partial charge in [0.25, 0.3) is 0 Å². The Morgan fingerprint density at radius 2 is 2.19 bits per heavy atom. The van der Waals surface area contributed by atoms with Crippen molar-refractivity contribution in [1.82, 2.24) is 5.32 Å². The van der Waals surface area contributed by atoms with Gasteiger partial charge in [0.15, 0.2) is 0 Å². The Balaban J connectivity index is 2.61. The number of amides is 2. The van der Waals surface area contributed by atoms with Crippen molar-refractivity contribution >= 4 is 17.7 Å². The summed E-state index contributed by atoms with van der Waals surface area (Å²) in [5.74, 6) is -0.435. The first-order valence-corrected chi connectivity index (χ1v) is 6.50. The zero-order chi connectivity index (χ0) is 15.7. The summed E-state index contributed by atoms with van der Waals surface area (Å²) >= 11 is 0. The minimum atomic E-state index is -0.905. The molecular formula is C14H17N3O4. The molecule has 7 heteroatoms. The van der Waals surface area contributed by atoms with E-state index in [9.17, 15) is 9.59 Å². The lowest BCUT2D eigenvalue weighted by Gasteiger charge is -2.12. The minimum absolute atomic E-state index is 0.00556. The van der Waals surface area contributed by atoms with E-state index in [-0.39, 0.29) is 13.0 Å². The fourth-order valence-corrected chi connectivity index (χ4v) is 1.59. The van der Waals surface area contributed by atoms with Crippen LogP contribution in [-0.2, 0) is 4.79 Å². The van der Waals surface area contributed by atoms with Crippen molar-refractivity contribution in [2.24, 2.45) is 0 Å². The second kappa shape index (κ2) is 8.43. The Labute approximate surface area is 122 Å². The molecular weight excluding hydrogens is 274 g/mol. The van der Waals surface area contributed by atoms with Gasteiger partial charge < -0.3 is 20.5 Å². The molecule has 0 aliphatic rings. The molecule has 0 heterocycles. The second-order valence-corrected chi connectivity index (χ2v) is 4.13. The van der Waals surface area contributed by atoms with Crippen molar-refractivity contribution < 1.29 is 19.4 Å². The average molecular weight is 291 g/mol. The van der Waals surface area contributed by atoms with Crippen LogP contribution >= 0.6 is 0 Å². The van der Waals surface area contributed by atoms with Crippen LogP contribution in [0, 0.1) is 11.3 Å². The molecule has 1 aromatic carbocycles. The van der Waals surface area contributed by atoms with E-state index in [0.717, 1.165) is 0 Å². The average Bonchev–Trinajstić information content (AvgIpc) is 2.45. The van der Waals surface area contributed by atoms with Crippen LogP contribution in [0.15, 0.2) is 18.2 Å². The largest absolute Gasteiger partial charge is 0.492 e. The van der Waals surface area contributed by atoms with Crippen molar-refractivity contribution in [3.05, 3.63) is 23.8 Å². The van der Waals surface area contributed by atoms with Crippen LogP contribution in [0.2, 0.25) is 0 Å². The van der Waals surface area contributed by atoms with Crippen LogP contribution in [0.25, 0.3) is 0 Å². The summed E-state index contributed by atoms with van der Waals surface area (Å²) in [6.07, 6.45) is 0.341. The monoisotopic (exact) mass is 291 g/mol. The van der Waals surface area contributed by atoms with Crippen LogP contribution in [0.4, 0.5) is 10.5 Å². The first-order chi connectivity index (χ1) is 10.1. The van der Waals surface area contributed by atoms with Crippen molar-refractivity contribution in [2.45, 2.75) is 19.8 Å². The summed E-state index contributed by atoms with van der Waals surface area (Å²) in [6, 6.07) is 6.23. The van der Waals surface area contributed by atoms with Gasteiger partial charge in [-0.15, -0.1) is 0 Å². The number of carboxylic acids is 1. The first-order valence-electron chi connectivity index (χ1n) is 6.50. The second-order valence-electron chi connectivity index (χ2n) is 4.13. The highest BCUT2D eigenvalue weighted by Gasteiger charge is 2.09. The number of ether oxygens (including phenoxy) is 1. The lowest BCUT2D eigenvalue weighted by molar-refractivity contribution is -0.137. The summed E-state index contributed by atoms with van der Waals surface area (Å²) in [6.45, 7) is 2.49. The number of hydrogen-bond donors (Lipinski definition) is 3. The lowest BCUT2D eigenvalue weighted by atomic mass is 10.2. The number of nitrogens with zero attached hydrogens (tertiary/aromatic N) is 1. The fraction of sp³-hybridized carbons (Fsp3) is 0.357. The molecule has 0 saturated heterocycles. The zero-order valence-electron chi connectivity index (χ0n) is 11.7. The predicted molar refractivity (Wildman–Crippen MR) is 76.2 cm³/mol. The number of nitrogens with one attached hydrogen (secondary N) is 2. The summed E-state index contributed by atoms with van der Waals surface area (Å²) < 4.78 is 5.36. The molecule has 0 radical (unpaired) electrons. The minimum Gasteiger partial charge on any atom is -0.492 e. The first kappa shape index (κ1) is 16.3. The van der Waals surface area contributed by atoms with Gasteiger partial charge in [0.2, 0.25) is 0 Å². The number of carboxylic acid groups (broad SMARTS) is 1. The topological polar surface area (TPSA) is 111 Å². The maximum Gasteiger partial charge on any atom is 0.319 e. The number of carbonyl (C=O) groups excluding carboxylic acids is 1. The normalized spacial score (nSPS) is 9.52. The van der Waals surface area contributed by atoms with Gasteiger partial charge in [-0.05, 0) is 31.5 Å². The van der Waals surface area contributed by atoms with Crippen LogP contribution in [0.1, 0.15) is 25.3 Å². The van der Waals surface area contributed by atoms with Gasteiger partial charge in [0, 0.05) is 13.0 Å². The summed E-state index contributed by atoms with van der Waals surface area (Å²) in [4.78, 5) is 22.1. The Kier molecular flexibility index (Phi) is 6.54. The van der Waals surface area contributed by atoms with Crippen LogP contribution < -0.4 is 15.4 Å². The third-order valence-electron chi connectivity index (χ3n) is 2.51. The van der Waals surface area contributed by atoms with E-state index in [1.165, 1.54) is 6.07 Å². The number of anilines is 1. The molecule has 0 saturated carbocycles. The zero-order valence-corrected chi connectivity index (χ0v) is 11.7. The van der Waals surface area contributed by atoms with E-state index in [2.05, 4.69) is 10.6 Å². The molecule has 3 N–H and O–H groups in total. The van der Waals surface area contributed by atoms with E-state index < -0.39 is 12.0 Å². The molecule has 0 aromatic heterocycles. The standard InChI is InChI=1S/C14H17N3O4/c1-2-21-12-6-5-10(9-15)8-11(12)17-14(20)16-7-3-4-13(18)19/h5-6,8H,2-4,7H2,1H3,(H,18,19)(H2,16,17,20). The number of carbonyl (C=O) groups is 2. The molecule has 0 aliphatic heterocycles. The summed E-state index contributed by atoms with van der Waals surface area (Å²) in [5.41, 5.74) is 0.797. The number of hydrogen-bond acceptors (Lipinski definition) is 4. The van der Waals surface area contributed by atoms with Crippen molar-refractivity contribution in [1.29, 1.82) is 5.26 Å². The van der Waals surface area contributed by atoms with E-state index in [1.807, 2.05) is 13.0 Å². The van der Waals surface area contributed by atoms with Gasteiger partial charge in [-0.1, -0.05) is 0 Å². The van der Waals surface area contributed by atoms with Crippen molar-refractivity contribution in [3.8, 4) is 11.8 Å². The molecule has 0 unspecified atom stereocenters. The highest BCUT2D eigenvalue weighted by molar-refractivity contribution is 5.91. The maximum absolute atomic E-state index is 11.7. The SMILES string of the molecule is CCOc1ccc(C#N)cc1NC(=O)NCCCC(=O)O. The third kappa shape index (κ3) is 5.82. The molecule has 2 amide bonds. The molecule has 1 rings (SSSR count). The molecule has 0 bridgehead atoms. The van der Waals surface area contributed by atoms with Gasteiger partial charge in [0.05, 0.1) is 23.9 Å². The Morgan fingerprint density at radius 3 is 2.81 bits per heavy atom. The number of aliphatic carboxylic acids is 1. The molecule has 0 fully saturated rings. The van der Waals surface area contributed by atoms with E-state index in [1.54, 1.807) is 12.1 Å². The Bertz CT molecular complexity index is 552. The maximum atomic E-state index is 11.7. The molecule has 0 spiro atoms. The van der Waals surface area contributed by atoms with E-state index in [4.69, 9.17) is 15.1 Å². The molecule has 21 heavy (non-hydrogen) atoms. The van der Waals surface area contributed by atoms with Gasteiger partial charge in [-0.2, -0.15) is 5.26 Å². The van der Waals surface area contributed by atoms with Gasteiger partial charge >= 0.3 is 12.0 Å². The van der Waals surface area contributed by atoms with Crippen molar-refractivity contribution in [2.75, 3.05) is 18.5 Å².